The number of hydrogen-bond acceptors (Lipinski definition) is 4. The first-order chi connectivity index (χ1) is 14.7. The number of nitrogens with one attached hydrogen (secondary N) is 1. The van der Waals surface area contributed by atoms with Gasteiger partial charge in [0.15, 0.2) is 0 Å². The van der Waals surface area contributed by atoms with Crippen molar-refractivity contribution in [2.75, 3.05) is 13.7 Å². The standard InChI is InChI=1S/C23H24F3NO4/c1-31-21-7-2-14(11-22(29)30)10-19(21)18-6-5-17(23(24,25)26)12-16(18)13-27-9-8-20(28)15-3-4-15/h2,5-7,10,12,15,27H,3-4,8-9,11,13H2,1H3,(H,29,30). The monoisotopic (exact) mass is 435 g/mol. The van der Waals surface area contributed by atoms with Gasteiger partial charge in [0, 0.05) is 31.0 Å². The molecule has 166 valence electrons. The van der Waals surface area contributed by atoms with Crippen molar-refractivity contribution in [1.29, 1.82) is 0 Å². The van der Waals surface area contributed by atoms with Crippen molar-refractivity contribution in [2.45, 2.75) is 38.4 Å². The molecule has 0 atom stereocenters. The van der Waals surface area contributed by atoms with Crippen LogP contribution in [0.2, 0.25) is 0 Å². The highest BCUT2D eigenvalue weighted by atomic mass is 19.4. The van der Waals surface area contributed by atoms with Crippen molar-refractivity contribution in [3.05, 3.63) is 53.1 Å². The lowest BCUT2D eigenvalue weighted by Crippen LogP contribution is -2.19. The Morgan fingerprint density at radius 3 is 2.48 bits per heavy atom. The van der Waals surface area contributed by atoms with Crippen LogP contribution in [0, 0.1) is 5.92 Å². The van der Waals surface area contributed by atoms with Crippen molar-refractivity contribution in [3.8, 4) is 16.9 Å². The largest absolute Gasteiger partial charge is 0.496 e. The van der Waals surface area contributed by atoms with Crippen LogP contribution >= 0.6 is 0 Å². The second-order valence-electron chi connectivity index (χ2n) is 7.64. The van der Waals surface area contributed by atoms with Gasteiger partial charge in [0.2, 0.25) is 0 Å². The van der Waals surface area contributed by atoms with Gasteiger partial charge in [-0.2, -0.15) is 13.2 Å². The van der Waals surface area contributed by atoms with Crippen LogP contribution in [0.5, 0.6) is 5.75 Å². The summed E-state index contributed by atoms with van der Waals surface area (Å²) in [5.74, 6) is -0.253. The van der Waals surface area contributed by atoms with Gasteiger partial charge in [-0.15, -0.1) is 0 Å². The third kappa shape index (κ3) is 6.07. The second-order valence-corrected chi connectivity index (χ2v) is 7.64. The van der Waals surface area contributed by atoms with E-state index >= 15 is 0 Å². The molecule has 5 nitrogen and oxygen atoms in total. The molecular formula is C23H24F3NO4. The number of hydrogen-bond donors (Lipinski definition) is 2. The Morgan fingerprint density at radius 1 is 1.13 bits per heavy atom. The van der Waals surface area contributed by atoms with Crippen LogP contribution in [0.1, 0.15) is 36.0 Å². The predicted octanol–water partition coefficient (Wildman–Crippen LogP) is 4.47. The molecule has 0 heterocycles. The van der Waals surface area contributed by atoms with E-state index in [4.69, 9.17) is 9.84 Å². The van der Waals surface area contributed by atoms with Gasteiger partial charge >= 0.3 is 12.1 Å². The van der Waals surface area contributed by atoms with Crippen molar-refractivity contribution >= 4 is 11.8 Å². The maximum absolute atomic E-state index is 13.3. The number of carbonyl (C=O) groups is 2. The molecule has 0 bridgehead atoms. The fourth-order valence-electron chi connectivity index (χ4n) is 3.47. The molecule has 2 N–H and O–H groups in total. The number of methoxy groups -OCH3 is 1. The van der Waals surface area contributed by atoms with E-state index in [2.05, 4.69) is 5.32 Å². The highest BCUT2D eigenvalue weighted by molar-refractivity contribution is 5.83. The zero-order valence-electron chi connectivity index (χ0n) is 17.1. The minimum atomic E-state index is -4.50. The molecule has 3 rings (SSSR count). The number of benzene rings is 2. The maximum atomic E-state index is 13.3. The first kappa shape index (κ1) is 22.8. The number of carbonyl (C=O) groups excluding carboxylic acids is 1. The molecule has 0 unspecified atom stereocenters. The summed E-state index contributed by atoms with van der Waals surface area (Å²) in [7, 11) is 1.45. The van der Waals surface area contributed by atoms with Crippen molar-refractivity contribution in [2.24, 2.45) is 5.92 Å². The summed E-state index contributed by atoms with van der Waals surface area (Å²) in [5, 5.41) is 12.1. The van der Waals surface area contributed by atoms with Crippen LogP contribution in [-0.2, 0) is 28.7 Å². The summed E-state index contributed by atoms with van der Waals surface area (Å²) >= 11 is 0. The summed E-state index contributed by atoms with van der Waals surface area (Å²) < 4.78 is 45.2. The Morgan fingerprint density at radius 2 is 1.87 bits per heavy atom. The fourth-order valence-corrected chi connectivity index (χ4v) is 3.47. The second kappa shape index (κ2) is 9.51. The molecule has 8 heteroatoms. The lowest BCUT2D eigenvalue weighted by molar-refractivity contribution is -0.138. The molecule has 0 aromatic heterocycles. The predicted molar refractivity (Wildman–Crippen MR) is 109 cm³/mol. The Bertz CT molecular complexity index is 968. The van der Waals surface area contributed by atoms with Crippen molar-refractivity contribution in [1.82, 2.24) is 5.32 Å². The molecule has 0 radical (unpaired) electrons. The summed E-state index contributed by atoms with van der Waals surface area (Å²) in [5.41, 5.74) is 1.15. The molecule has 1 fully saturated rings. The molecule has 0 saturated heterocycles. The highest BCUT2D eigenvalue weighted by Crippen LogP contribution is 2.37. The average molecular weight is 435 g/mol. The van der Waals surface area contributed by atoms with E-state index in [9.17, 15) is 22.8 Å². The molecule has 1 aliphatic carbocycles. The number of alkyl halides is 3. The maximum Gasteiger partial charge on any atom is 0.416 e. The van der Waals surface area contributed by atoms with E-state index in [0.29, 0.717) is 41.0 Å². The summed E-state index contributed by atoms with van der Waals surface area (Å²) in [6, 6.07) is 8.29. The molecule has 0 amide bonds. The molecule has 1 saturated carbocycles. The molecule has 0 spiro atoms. The Kier molecular flexibility index (Phi) is 7.00. The molecule has 2 aromatic rings. The van der Waals surface area contributed by atoms with Gasteiger partial charge in [0.25, 0.3) is 0 Å². The fraction of sp³-hybridized carbons (Fsp3) is 0.391. The Balaban J connectivity index is 1.90. The molecule has 1 aliphatic rings. The van der Waals surface area contributed by atoms with Crippen LogP contribution in [-0.4, -0.2) is 30.5 Å². The van der Waals surface area contributed by atoms with Gasteiger partial charge in [0.05, 0.1) is 19.1 Å². The molecular weight excluding hydrogens is 411 g/mol. The molecule has 0 aliphatic heterocycles. The van der Waals surface area contributed by atoms with Crippen LogP contribution in [0.15, 0.2) is 36.4 Å². The smallest absolute Gasteiger partial charge is 0.416 e. The molecule has 31 heavy (non-hydrogen) atoms. The number of ketones is 1. The highest BCUT2D eigenvalue weighted by Gasteiger charge is 2.31. The number of carboxylic acids is 1. The third-order valence-corrected chi connectivity index (χ3v) is 5.24. The van der Waals surface area contributed by atoms with Gasteiger partial charge in [0.1, 0.15) is 11.5 Å². The number of Topliss-reactive ketones (excluding diaryl/α,β-unsaturated/α-hetero) is 1. The third-order valence-electron chi connectivity index (χ3n) is 5.24. The van der Waals surface area contributed by atoms with E-state index in [1.54, 1.807) is 18.2 Å². The average Bonchev–Trinajstić information content (AvgIpc) is 3.55. The zero-order chi connectivity index (χ0) is 22.6. The van der Waals surface area contributed by atoms with E-state index in [-0.39, 0.29) is 24.7 Å². The number of aliphatic carboxylic acids is 1. The quantitative estimate of drug-likeness (QED) is 0.539. The van der Waals surface area contributed by atoms with Crippen LogP contribution in [0.25, 0.3) is 11.1 Å². The molecule has 2 aromatic carbocycles. The van der Waals surface area contributed by atoms with Crippen molar-refractivity contribution < 1.29 is 32.6 Å². The Hall–Kier alpha value is -2.87. The number of carboxylic acid groups (broad SMARTS) is 1. The van der Waals surface area contributed by atoms with Gasteiger partial charge in [-0.3, -0.25) is 9.59 Å². The Labute approximate surface area is 178 Å². The zero-order valence-corrected chi connectivity index (χ0v) is 17.1. The summed E-state index contributed by atoms with van der Waals surface area (Å²) in [6.45, 7) is 0.505. The van der Waals surface area contributed by atoms with E-state index in [1.165, 1.54) is 13.2 Å². The van der Waals surface area contributed by atoms with E-state index in [0.717, 1.165) is 25.0 Å². The number of ether oxygens (including phenoxy) is 1. The summed E-state index contributed by atoms with van der Waals surface area (Å²) in [6.07, 6.45) is -2.53. The first-order valence-electron chi connectivity index (χ1n) is 10.0. The topological polar surface area (TPSA) is 75.6 Å². The summed E-state index contributed by atoms with van der Waals surface area (Å²) in [4.78, 5) is 22.9. The number of halogens is 3. The van der Waals surface area contributed by atoms with Gasteiger partial charge in [-0.1, -0.05) is 12.1 Å². The van der Waals surface area contributed by atoms with Crippen molar-refractivity contribution in [3.63, 3.8) is 0 Å². The number of rotatable bonds is 10. The SMILES string of the molecule is COc1ccc(CC(=O)O)cc1-c1ccc(C(F)(F)F)cc1CNCCC(=O)C1CC1. The normalized spacial score (nSPS) is 13.8. The van der Waals surface area contributed by atoms with E-state index in [1.807, 2.05) is 0 Å². The van der Waals surface area contributed by atoms with Crippen LogP contribution < -0.4 is 10.1 Å². The van der Waals surface area contributed by atoms with Gasteiger partial charge in [-0.25, -0.2) is 0 Å². The minimum absolute atomic E-state index is 0.128. The van der Waals surface area contributed by atoms with Crippen LogP contribution in [0.4, 0.5) is 13.2 Å². The van der Waals surface area contributed by atoms with E-state index < -0.39 is 17.7 Å². The van der Waals surface area contributed by atoms with Crippen LogP contribution in [0.3, 0.4) is 0 Å². The lowest BCUT2D eigenvalue weighted by Gasteiger charge is -2.17. The van der Waals surface area contributed by atoms with Gasteiger partial charge < -0.3 is 15.2 Å². The first-order valence-corrected chi connectivity index (χ1v) is 10.0. The van der Waals surface area contributed by atoms with Gasteiger partial charge in [-0.05, 0) is 53.8 Å². The lowest BCUT2D eigenvalue weighted by atomic mass is 9.94. The minimum Gasteiger partial charge on any atom is -0.496 e.